The summed E-state index contributed by atoms with van der Waals surface area (Å²) in [6.07, 6.45) is 4.40. The molecule has 1 aromatic heterocycles. The number of amides is 2. The third kappa shape index (κ3) is 3.52. The molecule has 3 heterocycles. The fourth-order valence-corrected chi connectivity index (χ4v) is 4.02. The van der Waals surface area contributed by atoms with E-state index in [-0.39, 0.29) is 6.03 Å². The van der Waals surface area contributed by atoms with Gasteiger partial charge in [-0.1, -0.05) is 12.1 Å². The maximum absolute atomic E-state index is 12.5. The van der Waals surface area contributed by atoms with E-state index in [1.807, 2.05) is 17.9 Å². The second kappa shape index (κ2) is 6.91. The summed E-state index contributed by atoms with van der Waals surface area (Å²) >= 11 is 0. The van der Waals surface area contributed by atoms with Gasteiger partial charge in [0.05, 0.1) is 12.2 Å². The first kappa shape index (κ1) is 16.3. The third-order valence-corrected chi connectivity index (χ3v) is 5.11. The van der Waals surface area contributed by atoms with Crippen LogP contribution in [-0.4, -0.2) is 52.2 Å². The van der Waals surface area contributed by atoms with E-state index in [0.717, 1.165) is 37.4 Å². The fraction of sp³-hybridized carbons (Fsp3) is 0.765. The average molecular weight is 320 g/mol. The highest BCUT2D eigenvalue weighted by atomic mass is 16.5. The molecule has 2 amide bonds. The zero-order chi connectivity index (χ0) is 16.4. The summed E-state index contributed by atoms with van der Waals surface area (Å²) in [7, 11) is 0. The Hall–Kier alpha value is -1.56. The summed E-state index contributed by atoms with van der Waals surface area (Å²) in [5, 5.41) is 6.93. The molecule has 0 radical (unpaired) electrons. The van der Waals surface area contributed by atoms with Crippen molar-refractivity contribution >= 4 is 6.03 Å². The standard InChI is InChI=1S/C17H28N4O2/c1-4-13-9-16(23-19-13)10-18-17(22)20-8-7-14-5-6-15(11-20)21(14)12(2)3/h9,12,14-15H,4-8,10-11H2,1-3H3,(H,18,22)/t14-,15+/m1/s1. The number of aromatic nitrogens is 1. The molecule has 0 saturated carbocycles. The Morgan fingerprint density at radius 3 is 2.87 bits per heavy atom. The Morgan fingerprint density at radius 1 is 1.39 bits per heavy atom. The van der Waals surface area contributed by atoms with Crippen molar-refractivity contribution in [2.24, 2.45) is 0 Å². The number of hydrogen-bond donors (Lipinski definition) is 1. The lowest BCUT2D eigenvalue weighted by molar-refractivity contribution is 0.147. The molecule has 0 aromatic carbocycles. The van der Waals surface area contributed by atoms with Gasteiger partial charge in [-0.2, -0.15) is 0 Å². The molecular weight excluding hydrogens is 292 g/mol. The molecule has 1 N–H and O–H groups in total. The predicted octanol–water partition coefficient (Wildman–Crippen LogP) is 2.39. The van der Waals surface area contributed by atoms with Crippen molar-refractivity contribution in [3.05, 3.63) is 17.5 Å². The predicted molar refractivity (Wildman–Crippen MR) is 88.1 cm³/mol. The zero-order valence-electron chi connectivity index (χ0n) is 14.4. The number of rotatable bonds is 4. The lowest BCUT2D eigenvalue weighted by Gasteiger charge is -2.32. The molecule has 2 fully saturated rings. The first-order valence-corrected chi connectivity index (χ1v) is 8.83. The maximum atomic E-state index is 12.5. The number of urea groups is 1. The second-order valence-electron chi connectivity index (χ2n) is 6.96. The molecule has 23 heavy (non-hydrogen) atoms. The van der Waals surface area contributed by atoms with E-state index < -0.39 is 0 Å². The zero-order valence-corrected chi connectivity index (χ0v) is 14.4. The van der Waals surface area contributed by atoms with Crippen LogP contribution in [0.3, 0.4) is 0 Å². The Morgan fingerprint density at radius 2 is 2.17 bits per heavy atom. The van der Waals surface area contributed by atoms with Crippen LogP contribution < -0.4 is 5.32 Å². The van der Waals surface area contributed by atoms with Gasteiger partial charge < -0.3 is 14.7 Å². The van der Waals surface area contributed by atoms with Gasteiger partial charge in [0.2, 0.25) is 0 Å². The van der Waals surface area contributed by atoms with E-state index in [2.05, 4.69) is 29.2 Å². The van der Waals surface area contributed by atoms with Gasteiger partial charge in [-0.3, -0.25) is 4.90 Å². The summed E-state index contributed by atoms with van der Waals surface area (Å²) in [5.41, 5.74) is 0.925. The fourth-order valence-electron chi connectivity index (χ4n) is 4.02. The number of hydrogen-bond acceptors (Lipinski definition) is 4. The monoisotopic (exact) mass is 320 g/mol. The molecule has 2 bridgehead atoms. The lowest BCUT2D eigenvalue weighted by atomic mass is 10.1. The number of carbonyl (C=O) groups excluding carboxylic acids is 1. The number of nitrogens with zero attached hydrogens (tertiary/aromatic N) is 3. The Balaban J connectivity index is 1.56. The van der Waals surface area contributed by atoms with E-state index in [0.29, 0.717) is 24.7 Å². The van der Waals surface area contributed by atoms with Crippen LogP contribution in [0.2, 0.25) is 0 Å². The largest absolute Gasteiger partial charge is 0.359 e. The lowest BCUT2D eigenvalue weighted by Crippen LogP contribution is -2.46. The van der Waals surface area contributed by atoms with Crippen LogP contribution in [0.1, 0.15) is 51.5 Å². The van der Waals surface area contributed by atoms with Gasteiger partial charge >= 0.3 is 6.03 Å². The highest BCUT2D eigenvalue weighted by Crippen LogP contribution is 2.31. The highest BCUT2D eigenvalue weighted by Gasteiger charge is 2.39. The van der Waals surface area contributed by atoms with Crippen LogP contribution in [0.25, 0.3) is 0 Å². The SMILES string of the molecule is CCc1cc(CNC(=O)N2CC[C@H]3CC[C@@H](C2)N3C(C)C)on1. The summed E-state index contributed by atoms with van der Waals surface area (Å²) in [4.78, 5) is 17.1. The van der Waals surface area contributed by atoms with E-state index in [1.165, 1.54) is 12.8 Å². The van der Waals surface area contributed by atoms with Crippen molar-refractivity contribution in [2.75, 3.05) is 13.1 Å². The summed E-state index contributed by atoms with van der Waals surface area (Å²) in [6, 6.07) is 3.61. The van der Waals surface area contributed by atoms with E-state index >= 15 is 0 Å². The van der Waals surface area contributed by atoms with Crippen molar-refractivity contribution in [1.29, 1.82) is 0 Å². The van der Waals surface area contributed by atoms with Crippen LogP contribution in [0.5, 0.6) is 0 Å². The van der Waals surface area contributed by atoms with Crippen LogP contribution >= 0.6 is 0 Å². The Kier molecular flexibility index (Phi) is 4.90. The van der Waals surface area contributed by atoms with Crippen LogP contribution in [-0.2, 0) is 13.0 Å². The molecule has 3 rings (SSSR count). The minimum atomic E-state index is 0.00991. The number of carbonyl (C=O) groups is 1. The van der Waals surface area contributed by atoms with Gasteiger partial charge in [0.15, 0.2) is 5.76 Å². The van der Waals surface area contributed by atoms with Crippen molar-refractivity contribution in [2.45, 2.75) is 71.1 Å². The minimum absolute atomic E-state index is 0.00991. The van der Waals surface area contributed by atoms with Gasteiger partial charge in [-0.25, -0.2) is 4.79 Å². The van der Waals surface area contributed by atoms with Gasteiger partial charge in [-0.15, -0.1) is 0 Å². The number of nitrogens with one attached hydrogen (secondary N) is 1. The topological polar surface area (TPSA) is 61.6 Å². The van der Waals surface area contributed by atoms with Crippen LogP contribution in [0, 0.1) is 0 Å². The Bertz CT molecular complexity index is 542. The molecule has 0 aliphatic carbocycles. The first-order chi connectivity index (χ1) is 11.1. The van der Waals surface area contributed by atoms with Gasteiger partial charge in [0, 0.05) is 37.3 Å². The molecule has 128 valence electrons. The third-order valence-electron chi connectivity index (χ3n) is 5.11. The molecule has 6 heteroatoms. The Labute approximate surface area is 138 Å². The second-order valence-corrected chi connectivity index (χ2v) is 6.96. The van der Waals surface area contributed by atoms with Gasteiger partial charge in [0.25, 0.3) is 0 Å². The normalized spacial score (nSPS) is 25.0. The molecule has 0 unspecified atom stereocenters. The molecular formula is C17H28N4O2. The van der Waals surface area contributed by atoms with Crippen molar-refractivity contribution in [1.82, 2.24) is 20.3 Å². The van der Waals surface area contributed by atoms with Crippen molar-refractivity contribution in [3.63, 3.8) is 0 Å². The quantitative estimate of drug-likeness (QED) is 0.925. The average Bonchev–Trinajstić information content (AvgIpc) is 3.08. The minimum Gasteiger partial charge on any atom is -0.359 e. The summed E-state index contributed by atoms with van der Waals surface area (Å²) in [6.45, 7) is 8.63. The smallest absolute Gasteiger partial charge is 0.317 e. The van der Waals surface area contributed by atoms with E-state index in [9.17, 15) is 4.79 Å². The molecule has 2 aliphatic heterocycles. The van der Waals surface area contributed by atoms with Crippen molar-refractivity contribution < 1.29 is 9.32 Å². The molecule has 2 atom stereocenters. The van der Waals surface area contributed by atoms with Crippen LogP contribution in [0.15, 0.2) is 10.6 Å². The van der Waals surface area contributed by atoms with Crippen molar-refractivity contribution in [3.8, 4) is 0 Å². The first-order valence-electron chi connectivity index (χ1n) is 8.83. The highest BCUT2D eigenvalue weighted by molar-refractivity contribution is 5.74. The number of aryl methyl sites for hydroxylation is 1. The maximum Gasteiger partial charge on any atom is 0.317 e. The molecule has 1 aromatic rings. The molecule has 6 nitrogen and oxygen atoms in total. The van der Waals surface area contributed by atoms with Gasteiger partial charge in [0.1, 0.15) is 0 Å². The number of fused-ring (bicyclic) bond motifs is 2. The molecule has 2 saturated heterocycles. The van der Waals surface area contributed by atoms with Gasteiger partial charge in [-0.05, 0) is 39.5 Å². The molecule has 0 spiro atoms. The number of likely N-dealkylation sites (tertiary alicyclic amines) is 1. The summed E-state index contributed by atoms with van der Waals surface area (Å²) in [5.74, 6) is 0.718. The van der Waals surface area contributed by atoms with E-state index in [4.69, 9.17) is 4.52 Å². The summed E-state index contributed by atoms with van der Waals surface area (Å²) < 4.78 is 5.22. The van der Waals surface area contributed by atoms with Crippen LogP contribution in [0.4, 0.5) is 4.79 Å². The molecule has 2 aliphatic rings. The van der Waals surface area contributed by atoms with E-state index in [1.54, 1.807) is 0 Å².